The van der Waals surface area contributed by atoms with E-state index in [1.807, 2.05) is 19.1 Å². The van der Waals surface area contributed by atoms with Crippen molar-refractivity contribution < 1.29 is 24.2 Å². The number of ether oxygens (including phenoxy) is 1. The van der Waals surface area contributed by atoms with E-state index in [0.717, 1.165) is 6.54 Å². The van der Waals surface area contributed by atoms with Gasteiger partial charge in [-0.25, -0.2) is 0 Å². The third kappa shape index (κ3) is 9.93. The third-order valence-electron chi connectivity index (χ3n) is 9.29. The van der Waals surface area contributed by atoms with Crippen molar-refractivity contribution in [3.8, 4) is 5.75 Å². The molecule has 0 spiro atoms. The number of nitrogen functional groups attached to an aromatic ring is 1. The molecule has 3 amide bonds. The van der Waals surface area contributed by atoms with Crippen LogP contribution in [0.2, 0.25) is 0 Å². The van der Waals surface area contributed by atoms with E-state index in [-0.39, 0.29) is 48.8 Å². The third-order valence-corrected chi connectivity index (χ3v) is 9.29. The first kappa shape index (κ1) is 35.2. The van der Waals surface area contributed by atoms with Crippen LogP contribution in [0.15, 0.2) is 42.5 Å². The highest BCUT2D eigenvalue weighted by molar-refractivity contribution is 6.01. The van der Waals surface area contributed by atoms with E-state index >= 15 is 0 Å². The van der Waals surface area contributed by atoms with Crippen molar-refractivity contribution >= 4 is 34.8 Å². The van der Waals surface area contributed by atoms with Crippen LogP contribution in [0.5, 0.6) is 5.75 Å². The fourth-order valence-corrected chi connectivity index (χ4v) is 6.54. The smallest absolute Gasteiger partial charge is 0.258 e. The topological polar surface area (TPSA) is 137 Å². The number of rotatable bonds is 14. The second-order valence-electron chi connectivity index (χ2n) is 13.3. The Morgan fingerprint density at radius 3 is 2.30 bits per heavy atom. The molecule has 2 aromatic rings. The molecule has 0 saturated heterocycles. The number of benzene rings is 2. The van der Waals surface area contributed by atoms with Gasteiger partial charge in [-0.1, -0.05) is 50.8 Å². The number of fused-ring (bicyclic) bond motifs is 1. The van der Waals surface area contributed by atoms with E-state index < -0.39 is 0 Å². The molecular formula is C36H53N5O5. The molecule has 46 heavy (non-hydrogen) atoms. The Labute approximate surface area is 274 Å². The number of nitrogens with two attached hydrogens (primary N) is 1. The molecule has 5 N–H and O–H groups in total. The molecule has 1 aliphatic carbocycles. The summed E-state index contributed by atoms with van der Waals surface area (Å²) in [5.41, 5.74) is 7.89. The van der Waals surface area contributed by atoms with Crippen molar-refractivity contribution in [3.63, 3.8) is 0 Å². The fraction of sp³-hybridized carbons (Fsp3) is 0.583. The van der Waals surface area contributed by atoms with Gasteiger partial charge in [0.15, 0.2) is 5.75 Å². The summed E-state index contributed by atoms with van der Waals surface area (Å²) in [6, 6.07) is 12.1. The molecule has 1 fully saturated rings. The highest BCUT2D eigenvalue weighted by Crippen LogP contribution is 2.35. The van der Waals surface area contributed by atoms with E-state index in [4.69, 9.17) is 10.5 Å². The summed E-state index contributed by atoms with van der Waals surface area (Å²) >= 11 is 0. The molecule has 10 nitrogen and oxygen atoms in total. The Morgan fingerprint density at radius 2 is 1.63 bits per heavy atom. The first-order valence-corrected chi connectivity index (χ1v) is 17.0. The summed E-state index contributed by atoms with van der Waals surface area (Å²) in [5.74, 6) is 0.574. The molecule has 2 aromatic carbocycles. The minimum Gasteiger partial charge on any atom is -0.486 e. The number of carbonyl (C=O) groups is 3. The number of carbonyl (C=O) groups excluding carboxylic acids is 3. The molecule has 0 bridgehead atoms. The van der Waals surface area contributed by atoms with Crippen molar-refractivity contribution in [2.75, 3.05) is 49.7 Å². The van der Waals surface area contributed by atoms with Crippen molar-refractivity contribution in [1.29, 1.82) is 0 Å². The van der Waals surface area contributed by atoms with Crippen molar-refractivity contribution in [2.45, 2.75) is 90.2 Å². The summed E-state index contributed by atoms with van der Waals surface area (Å²) in [6.07, 6.45) is 8.82. The molecular weight excluding hydrogens is 582 g/mol. The molecule has 0 aromatic heterocycles. The number of amides is 3. The lowest BCUT2D eigenvalue weighted by Gasteiger charge is -2.39. The van der Waals surface area contributed by atoms with Crippen molar-refractivity contribution in [3.05, 3.63) is 48.0 Å². The van der Waals surface area contributed by atoms with E-state index in [2.05, 4.69) is 29.5 Å². The number of unbranched alkanes of at least 4 members (excludes halogenated alkanes) is 2. The van der Waals surface area contributed by atoms with Gasteiger partial charge in [-0.3, -0.25) is 14.4 Å². The summed E-state index contributed by atoms with van der Waals surface area (Å²) < 4.78 is 6.68. The zero-order valence-electron chi connectivity index (χ0n) is 27.8. The normalized spacial score (nSPS) is 19.5. The Bertz CT molecular complexity index is 1310. The number of anilines is 3. The summed E-state index contributed by atoms with van der Waals surface area (Å²) in [7, 11) is 2.14. The molecule has 1 heterocycles. The average Bonchev–Trinajstić information content (AvgIpc) is 3.04. The molecule has 10 heteroatoms. The lowest BCUT2D eigenvalue weighted by molar-refractivity contribution is -0.116. The number of hydrogen-bond donors (Lipinski definition) is 4. The summed E-state index contributed by atoms with van der Waals surface area (Å²) in [6.45, 7) is 5.97. The maximum absolute atomic E-state index is 13.8. The Hall–Kier alpha value is -3.63. The number of nitrogens with zero attached hydrogens (tertiary/aromatic N) is 2. The summed E-state index contributed by atoms with van der Waals surface area (Å²) in [4.78, 5) is 43.2. The molecule has 4 rings (SSSR count). The van der Waals surface area contributed by atoms with Gasteiger partial charge >= 0.3 is 0 Å². The molecule has 0 radical (unpaired) electrons. The first-order chi connectivity index (χ1) is 22.2. The lowest BCUT2D eigenvalue weighted by atomic mass is 9.89. The number of aliphatic hydroxyl groups excluding tert-OH is 1. The zero-order valence-corrected chi connectivity index (χ0v) is 27.8. The SMILES string of the molecule is C[C@@H]1CN([C@H](C)CO)C(=O)c2cccc(NC(=O)CCCCCC(=O)Nc3ccccc3N)c2O[C@@H]1CN(C)CC1CCCCC1. The lowest BCUT2D eigenvalue weighted by Crippen LogP contribution is -2.50. The van der Waals surface area contributed by atoms with Gasteiger partial charge < -0.3 is 36.0 Å². The number of para-hydroxylation sites is 3. The molecule has 2 aliphatic rings. The van der Waals surface area contributed by atoms with Crippen LogP contribution in [-0.2, 0) is 9.59 Å². The summed E-state index contributed by atoms with van der Waals surface area (Å²) in [5, 5.41) is 15.8. The fourth-order valence-electron chi connectivity index (χ4n) is 6.54. The van der Waals surface area contributed by atoms with Crippen LogP contribution >= 0.6 is 0 Å². The molecule has 252 valence electrons. The van der Waals surface area contributed by atoms with E-state index in [1.165, 1.54) is 32.1 Å². The van der Waals surface area contributed by atoms with Gasteiger partial charge in [0.1, 0.15) is 6.10 Å². The minimum absolute atomic E-state index is 0.000745. The van der Waals surface area contributed by atoms with Crippen molar-refractivity contribution in [2.24, 2.45) is 11.8 Å². The van der Waals surface area contributed by atoms with Gasteiger partial charge in [0.2, 0.25) is 11.8 Å². The predicted molar refractivity (Wildman–Crippen MR) is 183 cm³/mol. The minimum atomic E-state index is -0.355. The average molecular weight is 636 g/mol. The van der Waals surface area contributed by atoms with Gasteiger partial charge in [-0.05, 0) is 69.8 Å². The molecule has 1 aliphatic heterocycles. The van der Waals surface area contributed by atoms with Gasteiger partial charge in [0.05, 0.1) is 35.3 Å². The quantitative estimate of drug-likeness (QED) is 0.158. The Kier molecular flexibility index (Phi) is 13.3. The van der Waals surface area contributed by atoms with Gasteiger partial charge in [-0.15, -0.1) is 0 Å². The van der Waals surface area contributed by atoms with Crippen LogP contribution < -0.4 is 21.1 Å². The zero-order chi connectivity index (χ0) is 33.1. The molecule has 0 unspecified atom stereocenters. The van der Waals surface area contributed by atoms with Crippen LogP contribution in [0, 0.1) is 11.8 Å². The predicted octanol–water partition coefficient (Wildman–Crippen LogP) is 5.53. The Morgan fingerprint density at radius 1 is 0.978 bits per heavy atom. The highest BCUT2D eigenvalue weighted by atomic mass is 16.5. The van der Waals surface area contributed by atoms with Crippen LogP contribution in [0.1, 0.15) is 88.4 Å². The van der Waals surface area contributed by atoms with E-state index in [0.29, 0.717) is 73.1 Å². The molecule has 1 saturated carbocycles. The highest BCUT2D eigenvalue weighted by Gasteiger charge is 2.35. The first-order valence-electron chi connectivity index (χ1n) is 17.0. The second kappa shape index (κ2) is 17.3. The van der Waals surface area contributed by atoms with Crippen LogP contribution in [-0.4, -0.2) is 78.1 Å². The van der Waals surface area contributed by atoms with Crippen LogP contribution in [0.25, 0.3) is 0 Å². The maximum Gasteiger partial charge on any atom is 0.258 e. The number of hydrogen-bond acceptors (Lipinski definition) is 7. The monoisotopic (exact) mass is 635 g/mol. The standard InChI is InChI=1S/C36H53N5O5/c1-25-21-41(26(2)24-42)36(45)28-15-12-18-31(35(28)46-32(25)23-40(3)22-27-13-6-4-7-14-27)39-34(44)20-9-5-8-19-33(43)38-30-17-11-10-16-29(30)37/h10-12,15-18,25-27,32,42H,4-9,13-14,19-24,37H2,1-3H3,(H,38,43)(H,39,44)/t25-,26-,32-/m1/s1. The van der Waals surface area contributed by atoms with Gasteiger partial charge in [0.25, 0.3) is 5.91 Å². The van der Waals surface area contributed by atoms with E-state index in [9.17, 15) is 19.5 Å². The van der Waals surface area contributed by atoms with Gasteiger partial charge in [0, 0.05) is 38.4 Å². The number of aliphatic hydroxyl groups is 1. The number of likely N-dealkylation sites (N-methyl/N-ethyl adjacent to an activating group) is 1. The second-order valence-corrected chi connectivity index (χ2v) is 13.3. The van der Waals surface area contributed by atoms with Crippen molar-refractivity contribution in [1.82, 2.24) is 9.80 Å². The number of nitrogens with one attached hydrogen (secondary N) is 2. The largest absolute Gasteiger partial charge is 0.486 e. The Balaban J connectivity index is 1.39. The maximum atomic E-state index is 13.8. The van der Waals surface area contributed by atoms with Crippen LogP contribution in [0.3, 0.4) is 0 Å². The van der Waals surface area contributed by atoms with Crippen LogP contribution in [0.4, 0.5) is 17.1 Å². The molecule has 3 atom stereocenters. The van der Waals surface area contributed by atoms with Gasteiger partial charge in [-0.2, -0.15) is 0 Å². The van der Waals surface area contributed by atoms with E-state index in [1.54, 1.807) is 35.2 Å².